The summed E-state index contributed by atoms with van der Waals surface area (Å²) in [7, 11) is 3.97. The van der Waals surface area contributed by atoms with Gasteiger partial charge in [-0.3, -0.25) is 4.99 Å². The molecule has 0 aromatic rings. The molecule has 0 aliphatic carbocycles. The SMILES string of the molecule is CCCN(C)C(=NC)C(C)C. The minimum Gasteiger partial charge on any atom is -0.363 e. The fraction of sp³-hybridized carbons (Fsp3) is 0.889. The second-order valence-corrected chi connectivity index (χ2v) is 3.16. The molecule has 0 rings (SSSR count). The van der Waals surface area contributed by atoms with Crippen LogP contribution in [0.25, 0.3) is 0 Å². The first-order valence-electron chi connectivity index (χ1n) is 4.31. The summed E-state index contributed by atoms with van der Waals surface area (Å²) >= 11 is 0. The number of rotatable bonds is 3. The molecule has 0 aliphatic rings. The Kier molecular flexibility index (Phi) is 4.92. The number of nitrogens with zero attached hydrogens (tertiary/aromatic N) is 2. The number of hydrogen-bond donors (Lipinski definition) is 0. The molecule has 0 saturated carbocycles. The normalized spacial score (nSPS) is 12.4. The van der Waals surface area contributed by atoms with Crippen molar-refractivity contribution in [2.45, 2.75) is 27.2 Å². The van der Waals surface area contributed by atoms with E-state index in [1.165, 1.54) is 12.3 Å². The molecule has 0 amide bonds. The molecule has 11 heavy (non-hydrogen) atoms. The van der Waals surface area contributed by atoms with Crippen LogP contribution in [0.3, 0.4) is 0 Å². The second-order valence-electron chi connectivity index (χ2n) is 3.16. The zero-order valence-corrected chi connectivity index (χ0v) is 8.39. The lowest BCUT2D eigenvalue weighted by atomic mass is 10.2. The molecule has 0 atom stereocenters. The minimum atomic E-state index is 0.538. The van der Waals surface area contributed by atoms with Gasteiger partial charge in [0.2, 0.25) is 0 Å². The van der Waals surface area contributed by atoms with Crippen LogP contribution in [-0.2, 0) is 0 Å². The molecule has 2 nitrogen and oxygen atoms in total. The first-order chi connectivity index (χ1) is 5.13. The topological polar surface area (TPSA) is 15.6 Å². The van der Waals surface area contributed by atoms with Gasteiger partial charge in [-0.1, -0.05) is 20.8 Å². The Morgan fingerprint density at radius 1 is 1.45 bits per heavy atom. The number of aliphatic imine (C=N–C) groups is 1. The fourth-order valence-electron chi connectivity index (χ4n) is 1.32. The molecule has 2 heteroatoms. The van der Waals surface area contributed by atoms with Gasteiger partial charge in [0, 0.05) is 26.6 Å². The van der Waals surface area contributed by atoms with Crippen LogP contribution in [0.2, 0.25) is 0 Å². The molecule has 0 aromatic heterocycles. The highest BCUT2D eigenvalue weighted by atomic mass is 15.2. The molecular weight excluding hydrogens is 136 g/mol. The van der Waals surface area contributed by atoms with Crippen LogP contribution < -0.4 is 0 Å². The molecule has 0 N–H and O–H groups in total. The standard InChI is InChI=1S/C9H20N2/c1-6-7-11(5)9(10-4)8(2)3/h8H,6-7H2,1-5H3. The van der Waals surface area contributed by atoms with Crippen LogP contribution in [0.1, 0.15) is 27.2 Å². The zero-order valence-electron chi connectivity index (χ0n) is 8.39. The van der Waals surface area contributed by atoms with E-state index in [-0.39, 0.29) is 0 Å². The Balaban J connectivity index is 4.04. The first-order valence-corrected chi connectivity index (χ1v) is 4.31. The van der Waals surface area contributed by atoms with Gasteiger partial charge in [0.25, 0.3) is 0 Å². The third-order valence-corrected chi connectivity index (χ3v) is 1.70. The Morgan fingerprint density at radius 3 is 2.27 bits per heavy atom. The van der Waals surface area contributed by atoms with Crippen molar-refractivity contribution in [1.82, 2.24) is 4.90 Å². The number of hydrogen-bond acceptors (Lipinski definition) is 1. The van der Waals surface area contributed by atoms with Crippen molar-refractivity contribution < 1.29 is 0 Å². The molecular formula is C9H20N2. The summed E-state index contributed by atoms with van der Waals surface area (Å²) in [5.41, 5.74) is 0. The Morgan fingerprint density at radius 2 is 2.00 bits per heavy atom. The van der Waals surface area contributed by atoms with E-state index in [9.17, 15) is 0 Å². The van der Waals surface area contributed by atoms with Gasteiger partial charge in [-0.15, -0.1) is 0 Å². The van der Waals surface area contributed by atoms with Crippen LogP contribution in [0.15, 0.2) is 4.99 Å². The molecule has 0 aromatic carbocycles. The fourth-order valence-corrected chi connectivity index (χ4v) is 1.32. The number of amidine groups is 1. The third kappa shape index (κ3) is 3.40. The van der Waals surface area contributed by atoms with Gasteiger partial charge >= 0.3 is 0 Å². The predicted molar refractivity (Wildman–Crippen MR) is 51.1 cm³/mol. The third-order valence-electron chi connectivity index (χ3n) is 1.70. The van der Waals surface area contributed by atoms with Crippen LogP contribution in [-0.4, -0.2) is 31.4 Å². The highest BCUT2D eigenvalue weighted by Crippen LogP contribution is 2.01. The maximum Gasteiger partial charge on any atom is 0.101 e. The van der Waals surface area contributed by atoms with E-state index in [4.69, 9.17) is 0 Å². The highest BCUT2D eigenvalue weighted by molar-refractivity contribution is 5.83. The van der Waals surface area contributed by atoms with E-state index in [0.29, 0.717) is 5.92 Å². The summed E-state index contributed by atoms with van der Waals surface area (Å²) in [6, 6.07) is 0. The van der Waals surface area contributed by atoms with E-state index in [1.807, 2.05) is 7.05 Å². The van der Waals surface area contributed by atoms with E-state index >= 15 is 0 Å². The van der Waals surface area contributed by atoms with Crippen molar-refractivity contribution in [3.05, 3.63) is 0 Å². The van der Waals surface area contributed by atoms with Crippen molar-refractivity contribution in [3.8, 4) is 0 Å². The summed E-state index contributed by atoms with van der Waals surface area (Å²) in [5.74, 6) is 1.74. The van der Waals surface area contributed by atoms with Gasteiger partial charge < -0.3 is 4.90 Å². The maximum atomic E-state index is 4.25. The lowest BCUT2D eigenvalue weighted by Gasteiger charge is -2.22. The average molecular weight is 156 g/mol. The van der Waals surface area contributed by atoms with Crippen LogP contribution >= 0.6 is 0 Å². The van der Waals surface area contributed by atoms with Crippen LogP contribution in [0.4, 0.5) is 0 Å². The lowest BCUT2D eigenvalue weighted by Crippen LogP contribution is -2.31. The van der Waals surface area contributed by atoms with Crippen molar-refractivity contribution in [3.63, 3.8) is 0 Å². The molecule has 0 heterocycles. The quantitative estimate of drug-likeness (QED) is 0.451. The summed E-state index contributed by atoms with van der Waals surface area (Å²) < 4.78 is 0. The van der Waals surface area contributed by atoms with Crippen LogP contribution in [0.5, 0.6) is 0 Å². The molecule has 0 fully saturated rings. The van der Waals surface area contributed by atoms with Gasteiger partial charge in [-0.25, -0.2) is 0 Å². The highest BCUT2D eigenvalue weighted by Gasteiger charge is 2.07. The van der Waals surface area contributed by atoms with Crippen molar-refractivity contribution in [2.24, 2.45) is 10.9 Å². The summed E-state index contributed by atoms with van der Waals surface area (Å²) in [4.78, 5) is 6.48. The van der Waals surface area contributed by atoms with Gasteiger partial charge in [0.15, 0.2) is 0 Å². The minimum absolute atomic E-state index is 0.538. The van der Waals surface area contributed by atoms with Crippen LogP contribution in [0, 0.1) is 5.92 Å². The molecule has 0 radical (unpaired) electrons. The molecule has 0 spiro atoms. The van der Waals surface area contributed by atoms with Gasteiger partial charge in [0.1, 0.15) is 5.84 Å². The second kappa shape index (κ2) is 5.16. The van der Waals surface area contributed by atoms with E-state index in [1.54, 1.807) is 0 Å². The molecule has 66 valence electrons. The largest absolute Gasteiger partial charge is 0.363 e. The Labute approximate surface area is 70.3 Å². The molecule has 0 unspecified atom stereocenters. The van der Waals surface area contributed by atoms with Gasteiger partial charge in [-0.05, 0) is 6.42 Å². The molecule has 0 aliphatic heterocycles. The Hall–Kier alpha value is -0.530. The first kappa shape index (κ1) is 10.5. The maximum absolute atomic E-state index is 4.25. The predicted octanol–water partition coefficient (Wildman–Crippen LogP) is 2.01. The zero-order chi connectivity index (χ0) is 8.85. The average Bonchev–Trinajstić information content (AvgIpc) is 1.88. The van der Waals surface area contributed by atoms with E-state index in [2.05, 4.69) is 37.7 Å². The van der Waals surface area contributed by atoms with Crippen molar-refractivity contribution >= 4 is 5.84 Å². The smallest absolute Gasteiger partial charge is 0.101 e. The van der Waals surface area contributed by atoms with Crippen molar-refractivity contribution in [1.29, 1.82) is 0 Å². The summed E-state index contributed by atoms with van der Waals surface area (Å²) in [6.45, 7) is 7.64. The van der Waals surface area contributed by atoms with Gasteiger partial charge in [0.05, 0.1) is 0 Å². The van der Waals surface area contributed by atoms with Crippen molar-refractivity contribution in [2.75, 3.05) is 20.6 Å². The molecule has 0 saturated heterocycles. The monoisotopic (exact) mass is 156 g/mol. The van der Waals surface area contributed by atoms with E-state index < -0.39 is 0 Å². The van der Waals surface area contributed by atoms with Gasteiger partial charge in [-0.2, -0.15) is 0 Å². The molecule has 0 bridgehead atoms. The van der Waals surface area contributed by atoms with E-state index in [0.717, 1.165) is 6.54 Å². The summed E-state index contributed by atoms with van der Waals surface area (Å²) in [6.07, 6.45) is 1.18. The Bertz CT molecular complexity index is 128. The summed E-state index contributed by atoms with van der Waals surface area (Å²) in [5, 5.41) is 0. The lowest BCUT2D eigenvalue weighted by molar-refractivity contribution is 0.473.